The molecule has 2 aromatic rings. The van der Waals surface area contributed by atoms with Crippen molar-refractivity contribution in [3.63, 3.8) is 0 Å². The Hall–Kier alpha value is -1.13. The zero-order valence-corrected chi connectivity index (χ0v) is 13.9. The average Bonchev–Trinajstić information content (AvgIpc) is 2.69. The van der Waals surface area contributed by atoms with Gasteiger partial charge in [0, 0.05) is 19.0 Å². The molecule has 0 aliphatic heterocycles. The van der Waals surface area contributed by atoms with E-state index in [1.807, 2.05) is 11.6 Å². The Balaban J connectivity index is 2.12. The number of nitrogens with zero attached hydrogens (tertiary/aromatic N) is 2. The molecule has 0 aliphatic carbocycles. The molecule has 0 spiro atoms. The third-order valence-electron chi connectivity index (χ3n) is 3.65. The van der Waals surface area contributed by atoms with Gasteiger partial charge in [0.05, 0.1) is 15.9 Å². The van der Waals surface area contributed by atoms with E-state index in [1.165, 1.54) is 16.8 Å². The number of nitrogens with two attached hydrogens (primary N) is 1. The number of aryl methyl sites for hydroxylation is 3. The SMILES string of the molecule is CCn1nc(C)c(Br)c1CC(N)Cc1ccccc1C. The Morgan fingerprint density at radius 2 is 1.95 bits per heavy atom. The van der Waals surface area contributed by atoms with Gasteiger partial charge in [0.1, 0.15) is 0 Å². The average molecular weight is 336 g/mol. The first-order valence-electron chi connectivity index (χ1n) is 7.04. The van der Waals surface area contributed by atoms with Gasteiger partial charge in [-0.05, 0) is 54.2 Å². The number of hydrogen-bond donors (Lipinski definition) is 1. The third-order valence-corrected chi connectivity index (χ3v) is 4.68. The van der Waals surface area contributed by atoms with Crippen LogP contribution in [0.2, 0.25) is 0 Å². The Morgan fingerprint density at radius 1 is 1.25 bits per heavy atom. The Labute approximate surface area is 129 Å². The number of halogens is 1. The van der Waals surface area contributed by atoms with Crippen LogP contribution < -0.4 is 5.73 Å². The van der Waals surface area contributed by atoms with E-state index in [4.69, 9.17) is 5.73 Å². The van der Waals surface area contributed by atoms with Crippen LogP contribution in [0.4, 0.5) is 0 Å². The van der Waals surface area contributed by atoms with Gasteiger partial charge in [-0.2, -0.15) is 5.10 Å². The van der Waals surface area contributed by atoms with Crippen molar-refractivity contribution in [1.29, 1.82) is 0 Å². The van der Waals surface area contributed by atoms with Crippen LogP contribution in [-0.2, 0) is 19.4 Å². The van der Waals surface area contributed by atoms with Crippen molar-refractivity contribution in [2.45, 2.75) is 46.2 Å². The molecule has 1 aromatic heterocycles. The molecule has 4 heteroatoms. The molecule has 1 unspecified atom stereocenters. The predicted octanol–water partition coefficient (Wildman–Crippen LogP) is 3.39. The highest BCUT2D eigenvalue weighted by Crippen LogP contribution is 2.23. The van der Waals surface area contributed by atoms with Gasteiger partial charge in [-0.25, -0.2) is 0 Å². The topological polar surface area (TPSA) is 43.8 Å². The van der Waals surface area contributed by atoms with Gasteiger partial charge < -0.3 is 5.73 Å². The van der Waals surface area contributed by atoms with Crippen molar-refractivity contribution >= 4 is 15.9 Å². The molecular weight excluding hydrogens is 314 g/mol. The summed E-state index contributed by atoms with van der Waals surface area (Å²) in [5.74, 6) is 0. The second-order valence-corrected chi connectivity index (χ2v) is 6.05. The van der Waals surface area contributed by atoms with Crippen LogP contribution in [0.5, 0.6) is 0 Å². The Kier molecular flexibility index (Phi) is 5.00. The molecule has 0 amide bonds. The lowest BCUT2D eigenvalue weighted by atomic mass is 9.99. The minimum Gasteiger partial charge on any atom is -0.327 e. The number of hydrogen-bond acceptors (Lipinski definition) is 2. The molecule has 1 aromatic carbocycles. The van der Waals surface area contributed by atoms with Gasteiger partial charge >= 0.3 is 0 Å². The summed E-state index contributed by atoms with van der Waals surface area (Å²) in [4.78, 5) is 0. The van der Waals surface area contributed by atoms with Gasteiger partial charge in [0.2, 0.25) is 0 Å². The molecule has 0 saturated heterocycles. The van der Waals surface area contributed by atoms with Crippen LogP contribution in [0, 0.1) is 13.8 Å². The first kappa shape index (κ1) is 15.3. The standard InChI is InChI=1S/C16H22BrN3/c1-4-20-15(16(17)12(3)19-20)10-14(18)9-13-8-6-5-7-11(13)2/h5-8,14H,4,9-10,18H2,1-3H3. The molecule has 2 rings (SSSR count). The quantitative estimate of drug-likeness (QED) is 0.909. The maximum absolute atomic E-state index is 6.35. The van der Waals surface area contributed by atoms with Crippen molar-refractivity contribution in [2.75, 3.05) is 0 Å². The van der Waals surface area contributed by atoms with Crippen molar-refractivity contribution < 1.29 is 0 Å². The zero-order valence-electron chi connectivity index (χ0n) is 12.4. The van der Waals surface area contributed by atoms with E-state index in [-0.39, 0.29) is 6.04 Å². The first-order chi connectivity index (χ1) is 9.52. The number of benzene rings is 1. The summed E-state index contributed by atoms with van der Waals surface area (Å²) in [6.07, 6.45) is 1.73. The summed E-state index contributed by atoms with van der Waals surface area (Å²) in [7, 11) is 0. The summed E-state index contributed by atoms with van der Waals surface area (Å²) in [5, 5.41) is 4.52. The number of rotatable bonds is 5. The predicted molar refractivity (Wildman–Crippen MR) is 86.9 cm³/mol. The highest BCUT2D eigenvalue weighted by molar-refractivity contribution is 9.10. The Morgan fingerprint density at radius 3 is 2.60 bits per heavy atom. The fourth-order valence-corrected chi connectivity index (χ4v) is 2.95. The van der Waals surface area contributed by atoms with E-state index in [0.29, 0.717) is 0 Å². The summed E-state index contributed by atoms with van der Waals surface area (Å²) < 4.78 is 3.14. The minimum absolute atomic E-state index is 0.105. The molecule has 0 bridgehead atoms. The maximum Gasteiger partial charge on any atom is 0.0738 e. The fraction of sp³-hybridized carbons (Fsp3) is 0.438. The lowest BCUT2D eigenvalue weighted by molar-refractivity contribution is 0.573. The smallest absolute Gasteiger partial charge is 0.0738 e. The molecule has 0 saturated carbocycles. The monoisotopic (exact) mass is 335 g/mol. The van der Waals surface area contributed by atoms with Crippen LogP contribution in [0.25, 0.3) is 0 Å². The summed E-state index contributed by atoms with van der Waals surface area (Å²) in [5.41, 5.74) is 11.2. The highest BCUT2D eigenvalue weighted by Gasteiger charge is 2.16. The van der Waals surface area contributed by atoms with Crippen LogP contribution in [0.15, 0.2) is 28.7 Å². The van der Waals surface area contributed by atoms with E-state index >= 15 is 0 Å². The maximum atomic E-state index is 6.35. The minimum atomic E-state index is 0.105. The largest absolute Gasteiger partial charge is 0.327 e. The molecule has 3 nitrogen and oxygen atoms in total. The van der Waals surface area contributed by atoms with Crippen molar-refractivity contribution in [2.24, 2.45) is 5.73 Å². The van der Waals surface area contributed by atoms with Crippen LogP contribution >= 0.6 is 15.9 Å². The summed E-state index contributed by atoms with van der Waals surface area (Å²) >= 11 is 3.63. The van der Waals surface area contributed by atoms with Gasteiger partial charge in [-0.3, -0.25) is 4.68 Å². The third kappa shape index (κ3) is 3.30. The summed E-state index contributed by atoms with van der Waals surface area (Å²) in [6, 6.07) is 8.54. The van der Waals surface area contributed by atoms with E-state index in [9.17, 15) is 0 Å². The van der Waals surface area contributed by atoms with Gasteiger partial charge in [0.25, 0.3) is 0 Å². The Bertz CT molecular complexity index is 589. The first-order valence-corrected chi connectivity index (χ1v) is 7.84. The second-order valence-electron chi connectivity index (χ2n) is 5.26. The second kappa shape index (κ2) is 6.55. The van der Waals surface area contributed by atoms with E-state index < -0.39 is 0 Å². The molecule has 0 radical (unpaired) electrons. The molecule has 20 heavy (non-hydrogen) atoms. The van der Waals surface area contributed by atoms with E-state index in [2.05, 4.69) is 59.1 Å². The zero-order chi connectivity index (χ0) is 14.7. The molecular formula is C16H22BrN3. The lowest BCUT2D eigenvalue weighted by Crippen LogP contribution is -2.27. The lowest BCUT2D eigenvalue weighted by Gasteiger charge is -2.14. The molecule has 1 heterocycles. The van der Waals surface area contributed by atoms with Gasteiger partial charge in [0.15, 0.2) is 0 Å². The van der Waals surface area contributed by atoms with Gasteiger partial charge in [-0.15, -0.1) is 0 Å². The highest BCUT2D eigenvalue weighted by atomic mass is 79.9. The molecule has 2 N–H and O–H groups in total. The van der Waals surface area contributed by atoms with Crippen LogP contribution in [0.3, 0.4) is 0 Å². The van der Waals surface area contributed by atoms with E-state index in [0.717, 1.165) is 29.6 Å². The van der Waals surface area contributed by atoms with Crippen molar-refractivity contribution in [3.8, 4) is 0 Å². The van der Waals surface area contributed by atoms with Crippen molar-refractivity contribution in [3.05, 3.63) is 51.3 Å². The molecule has 0 aliphatic rings. The molecule has 0 fully saturated rings. The van der Waals surface area contributed by atoms with E-state index in [1.54, 1.807) is 0 Å². The fourth-order valence-electron chi connectivity index (χ4n) is 2.51. The number of aromatic nitrogens is 2. The van der Waals surface area contributed by atoms with Crippen LogP contribution in [-0.4, -0.2) is 15.8 Å². The normalized spacial score (nSPS) is 12.7. The van der Waals surface area contributed by atoms with Crippen LogP contribution in [0.1, 0.15) is 29.4 Å². The summed E-state index contributed by atoms with van der Waals surface area (Å²) in [6.45, 7) is 7.14. The van der Waals surface area contributed by atoms with Crippen molar-refractivity contribution in [1.82, 2.24) is 9.78 Å². The molecule has 108 valence electrons. The van der Waals surface area contributed by atoms with Gasteiger partial charge in [-0.1, -0.05) is 24.3 Å². The molecule has 1 atom stereocenters.